The molecule has 0 bridgehead atoms. The Morgan fingerprint density at radius 1 is 1.29 bits per heavy atom. The van der Waals surface area contributed by atoms with Gasteiger partial charge in [-0.3, -0.25) is 9.59 Å². The first-order valence-corrected chi connectivity index (χ1v) is 7.28. The Morgan fingerprint density at radius 2 is 1.95 bits per heavy atom. The number of benzene rings is 1. The number of rotatable bonds is 4. The lowest BCUT2D eigenvalue weighted by Gasteiger charge is -2.27. The van der Waals surface area contributed by atoms with E-state index in [2.05, 4.69) is 5.32 Å². The Morgan fingerprint density at radius 3 is 2.52 bits per heavy atom. The maximum Gasteiger partial charge on any atom is 0.307 e. The molecule has 0 spiro atoms. The van der Waals surface area contributed by atoms with Gasteiger partial charge in [0.2, 0.25) is 5.91 Å². The number of anilines is 1. The molecule has 0 aromatic heterocycles. The fourth-order valence-electron chi connectivity index (χ4n) is 2.72. The molecule has 2 atom stereocenters. The lowest BCUT2D eigenvalue weighted by molar-refractivity contribution is -0.147. The van der Waals surface area contributed by atoms with Crippen molar-refractivity contribution in [1.29, 1.82) is 0 Å². The van der Waals surface area contributed by atoms with Crippen molar-refractivity contribution in [3.8, 4) is 5.75 Å². The largest absolute Gasteiger partial charge is 0.495 e. The number of carboxylic acid groups (broad SMARTS) is 1. The summed E-state index contributed by atoms with van der Waals surface area (Å²) in [7, 11) is 1.51. The Balaban J connectivity index is 2.09. The molecule has 0 heterocycles. The molecule has 0 aliphatic heterocycles. The lowest BCUT2D eigenvalue weighted by Crippen LogP contribution is -2.36. The van der Waals surface area contributed by atoms with Gasteiger partial charge in [0, 0.05) is 5.69 Å². The summed E-state index contributed by atoms with van der Waals surface area (Å²) in [6.45, 7) is 0. The summed E-state index contributed by atoms with van der Waals surface area (Å²) in [6, 6.07) is 4.94. The predicted molar refractivity (Wildman–Crippen MR) is 79.7 cm³/mol. The SMILES string of the molecule is COc1ccc(NC(=O)[C@@H]2CCCC[C@@H]2C(=O)O)cc1Cl. The molecule has 1 aromatic rings. The Hall–Kier alpha value is -1.75. The van der Waals surface area contributed by atoms with E-state index in [-0.39, 0.29) is 5.91 Å². The van der Waals surface area contributed by atoms with Crippen LogP contribution in [0.25, 0.3) is 0 Å². The molecular formula is C15H18ClNO4. The highest BCUT2D eigenvalue weighted by Crippen LogP contribution is 2.32. The second-order valence-electron chi connectivity index (χ2n) is 5.17. The molecule has 0 unspecified atom stereocenters. The van der Waals surface area contributed by atoms with E-state index < -0.39 is 17.8 Å². The average Bonchev–Trinajstić information content (AvgIpc) is 2.47. The standard InChI is InChI=1S/C15H18ClNO4/c1-21-13-7-6-9(8-12(13)16)17-14(18)10-4-2-3-5-11(10)15(19)20/h6-8,10-11H,2-5H2,1H3,(H,17,18)(H,19,20)/t10-,11+/m1/s1. The number of methoxy groups -OCH3 is 1. The van der Waals surface area contributed by atoms with Crippen LogP contribution in [0.5, 0.6) is 5.75 Å². The van der Waals surface area contributed by atoms with Crippen LogP contribution in [0.1, 0.15) is 25.7 Å². The van der Waals surface area contributed by atoms with Gasteiger partial charge in [0.25, 0.3) is 0 Å². The predicted octanol–water partition coefficient (Wildman–Crippen LogP) is 3.18. The van der Waals surface area contributed by atoms with Gasteiger partial charge >= 0.3 is 5.97 Å². The van der Waals surface area contributed by atoms with Crippen LogP contribution in [0.3, 0.4) is 0 Å². The first-order chi connectivity index (χ1) is 10.0. The molecule has 0 saturated heterocycles. The van der Waals surface area contributed by atoms with Crippen molar-refractivity contribution in [2.75, 3.05) is 12.4 Å². The minimum atomic E-state index is -0.900. The van der Waals surface area contributed by atoms with Crippen molar-refractivity contribution >= 4 is 29.2 Å². The fraction of sp³-hybridized carbons (Fsp3) is 0.467. The summed E-state index contributed by atoms with van der Waals surface area (Å²) in [6.07, 6.45) is 2.89. The molecule has 5 nitrogen and oxygen atoms in total. The zero-order valence-electron chi connectivity index (χ0n) is 11.8. The highest BCUT2D eigenvalue weighted by molar-refractivity contribution is 6.32. The third-order valence-electron chi connectivity index (χ3n) is 3.84. The van der Waals surface area contributed by atoms with Gasteiger partial charge in [0.05, 0.1) is 24.0 Å². The summed E-state index contributed by atoms with van der Waals surface area (Å²) in [5.74, 6) is -1.73. The van der Waals surface area contributed by atoms with E-state index in [0.29, 0.717) is 29.3 Å². The van der Waals surface area contributed by atoms with E-state index in [1.54, 1.807) is 18.2 Å². The molecule has 6 heteroatoms. The summed E-state index contributed by atoms with van der Waals surface area (Å²) < 4.78 is 5.05. The fourth-order valence-corrected chi connectivity index (χ4v) is 2.98. The van der Waals surface area contributed by atoms with Crippen LogP contribution in [0, 0.1) is 11.8 Å². The van der Waals surface area contributed by atoms with Gasteiger partial charge < -0.3 is 15.2 Å². The van der Waals surface area contributed by atoms with Gasteiger partial charge in [-0.1, -0.05) is 24.4 Å². The lowest BCUT2D eigenvalue weighted by atomic mass is 9.78. The molecule has 0 radical (unpaired) electrons. The van der Waals surface area contributed by atoms with Crippen molar-refractivity contribution in [1.82, 2.24) is 0 Å². The van der Waals surface area contributed by atoms with Crippen LogP contribution in [0.4, 0.5) is 5.69 Å². The molecule has 1 fully saturated rings. The van der Waals surface area contributed by atoms with Gasteiger partial charge in [-0.25, -0.2) is 0 Å². The number of ether oxygens (including phenoxy) is 1. The zero-order chi connectivity index (χ0) is 15.4. The van der Waals surface area contributed by atoms with E-state index in [0.717, 1.165) is 12.8 Å². The average molecular weight is 312 g/mol. The van der Waals surface area contributed by atoms with Crippen molar-refractivity contribution in [2.45, 2.75) is 25.7 Å². The van der Waals surface area contributed by atoms with Gasteiger partial charge in [-0.2, -0.15) is 0 Å². The summed E-state index contributed by atoms with van der Waals surface area (Å²) in [5, 5.41) is 12.4. The third-order valence-corrected chi connectivity index (χ3v) is 4.13. The quantitative estimate of drug-likeness (QED) is 0.895. The number of nitrogens with one attached hydrogen (secondary N) is 1. The van der Waals surface area contributed by atoms with Gasteiger partial charge in [0.1, 0.15) is 5.75 Å². The summed E-state index contributed by atoms with van der Waals surface area (Å²) in [4.78, 5) is 23.5. The van der Waals surface area contributed by atoms with Crippen LogP contribution in [-0.2, 0) is 9.59 Å². The Bertz CT molecular complexity index is 546. The van der Waals surface area contributed by atoms with Crippen LogP contribution >= 0.6 is 11.6 Å². The van der Waals surface area contributed by atoms with Gasteiger partial charge in [0.15, 0.2) is 0 Å². The van der Waals surface area contributed by atoms with Gasteiger partial charge in [-0.05, 0) is 31.0 Å². The van der Waals surface area contributed by atoms with Crippen LogP contribution < -0.4 is 10.1 Å². The monoisotopic (exact) mass is 311 g/mol. The molecule has 1 aromatic carbocycles. The molecule has 114 valence electrons. The Labute approximate surface area is 128 Å². The highest BCUT2D eigenvalue weighted by atomic mass is 35.5. The van der Waals surface area contributed by atoms with E-state index in [1.165, 1.54) is 7.11 Å². The summed E-state index contributed by atoms with van der Waals surface area (Å²) in [5.41, 5.74) is 0.542. The minimum absolute atomic E-state index is 0.261. The molecule has 2 N–H and O–H groups in total. The smallest absolute Gasteiger partial charge is 0.307 e. The van der Waals surface area contributed by atoms with E-state index in [1.807, 2.05) is 0 Å². The normalized spacial score (nSPS) is 21.6. The topological polar surface area (TPSA) is 75.6 Å². The Kier molecular flexibility index (Phi) is 5.07. The third kappa shape index (κ3) is 3.67. The van der Waals surface area contributed by atoms with Crippen molar-refractivity contribution in [3.63, 3.8) is 0 Å². The van der Waals surface area contributed by atoms with Crippen molar-refractivity contribution in [2.24, 2.45) is 11.8 Å². The number of halogens is 1. The second kappa shape index (κ2) is 6.80. The molecule has 21 heavy (non-hydrogen) atoms. The van der Waals surface area contributed by atoms with Crippen LogP contribution in [-0.4, -0.2) is 24.1 Å². The number of amides is 1. The minimum Gasteiger partial charge on any atom is -0.495 e. The summed E-state index contributed by atoms with van der Waals surface area (Å²) >= 11 is 6.01. The first-order valence-electron chi connectivity index (χ1n) is 6.90. The van der Waals surface area contributed by atoms with Crippen LogP contribution in [0.15, 0.2) is 18.2 Å². The molecule has 1 aliphatic carbocycles. The van der Waals surface area contributed by atoms with Crippen molar-refractivity contribution < 1.29 is 19.4 Å². The highest BCUT2D eigenvalue weighted by Gasteiger charge is 2.35. The maximum atomic E-state index is 12.3. The second-order valence-corrected chi connectivity index (χ2v) is 5.58. The molecule has 2 rings (SSSR count). The molecular weight excluding hydrogens is 294 g/mol. The van der Waals surface area contributed by atoms with Crippen LogP contribution in [0.2, 0.25) is 5.02 Å². The van der Waals surface area contributed by atoms with Gasteiger partial charge in [-0.15, -0.1) is 0 Å². The number of hydrogen-bond acceptors (Lipinski definition) is 3. The number of carboxylic acids is 1. The van der Waals surface area contributed by atoms with Crippen molar-refractivity contribution in [3.05, 3.63) is 23.2 Å². The maximum absolute atomic E-state index is 12.3. The zero-order valence-corrected chi connectivity index (χ0v) is 12.5. The van der Waals surface area contributed by atoms with E-state index in [4.69, 9.17) is 16.3 Å². The van der Waals surface area contributed by atoms with E-state index in [9.17, 15) is 14.7 Å². The number of hydrogen-bond donors (Lipinski definition) is 2. The number of carbonyl (C=O) groups is 2. The molecule has 1 aliphatic rings. The molecule has 1 amide bonds. The number of carbonyl (C=O) groups excluding carboxylic acids is 1. The molecule has 1 saturated carbocycles. The van der Waals surface area contributed by atoms with E-state index >= 15 is 0 Å². The first kappa shape index (κ1) is 15.6. The number of aliphatic carboxylic acids is 1.